The summed E-state index contributed by atoms with van der Waals surface area (Å²) in [5.74, 6) is 0.103. The molecule has 7 heteroatoms. The van der Waals surface area contributed by atoms with Crippen molar-refractivity contribution in [2.75, 3.05) is 14.2 Å². The highest BCUT2D eigenvalue weighted by Crippen LogP contribution is 2.43. The minimum Gasteiger partial charge on any atom is -0.494 e. The van der Waals surface area contributed by atoms with Crippen LogP contribution in [0, 0.1) is 11.2 Å². The number of halogens is 1. The molecular formula is C27H24FN3O3. The summed E-state index contributed by atoms with van der Waals surface area (Å²) in [7, 11) is 3.00. The Balaban J connectivity index is 1.72. The highest BCUT2D eigenvalue weighted by molar-refractivity contribution is 6.11. The average molecular weight is 458 g/mol. The smallest absolute Gasteiger partial charge is 0.244 e. The van der Waals surface area contributed by atoms with E-state index in [1.807, 2.05) is 25.1 Å². The van der Waals surface area contributed by atoms with Crippen molar-refractivity contribution < 1.29 is 18.7 Å². The van der Waals surface area contributed by atoms with E-state index in [4.69, 9.17) is 14.9 Å². The first-order chi connectivity index (χ1) is 16.4. The number of carbonyl (C=O) groups is 1. The minimum atomic E-state index is -0.378. The molecule has 1 aromatic carbocycles. The normalized spacial score (nSPS) is 16.2. The van der Waals surface area contributed by atoms with E-state index < -0.39 is 0 Å². The SMILES string of the molecule is COC1=CC(=CC2=C(C)/C(=C\C(=O)NCc3cccnc3)c3cc(F)ccc32)C=C(OC)C1=N. The molecule has 0 atom stereocenters. The molecule has 0 bridgehead atoms. The maximum Gasteiger partial charge on any atom is 0.244 e. The van der Waals surface area contributed by atoms with Crippen LogP contribution in [0.1, 0.15) is 23.6 Å². The molecule has 0 radical (unpaired) electrons. The standard InChI is InChI=1S/C27H24FN3O3/c1-16-21(9-18-10-24(33-2)27(29)25(11-18)34-3)20-7-6-19(28)12-23(20)22(16)13-26(32)31-15-17-5-4-8-30-14-17/h4-14,29H,15H2,1-3H3,(H,31,32)/b18-9?,22-13+,29-27?. The molecule has 4 rings (SSSR count). The molecule has 1 heterocycles. The van der Waals surface area contributed by atoms with Gasteiger partial charge in [0, 0.05) is 25.0 Å². The lowest BCUT2D eigenvalue weighted by atomic mass is 9.98. The van der Waals surface area contributed by atoms with Crippen molar-refractivity contribution >= 4 is 22.8 Å². The molecule has 2 aromatic rings. The van der Waals surface area contributed by atoms with Crippen LogP contribution in [0.5, 0.6) is 0 Å². The van der Waals surface area contributed by atoms with E-state index in [0.717, 1.165) is 27.8 Å². The summed E-state index contributed by atoms with van der Waals surface area (Å²) < 4.78 is 24.8. The van der Waals surface area contributed by atoms with Gasteiger partial charge in [0.15, 0.2) is 0 Å². The third kappa shape index (κ3) is 4.59. The van der Waals surface area contributed by atoms with Gasteiger partial charge in [0.2, 0.25) is 5.91 Å². The summed E-state index contributed by atoms with van der Waals surface area (Å²) in [5, 5.41) is 11.0. The predicted molar refractivity (Wildman–Crippen MR) is 129 cm³/mol. The van der Waals surface area contributed by atoms with Gasteiger partial charge in [-0.05, 0) is 82.3 Å². The van der Waals surface area contributed by atoms with Gasteiger partial charge in [0.25, 0.3) is 0 Å². The van der Waals surface area contributed by atoms with Gasteiger partial charge in [-0.2, -0.15) is 0 Å². The van der Waals surface area contributed by atoms with Crippen molar-refractivity contribution in [2.24, 2.45) is 0 Å². The number of rotatable bonds is 6. The van der Waals surface area contributed by atoms with E-state index in [9.17, 15) is 9.18 Å². The molecule has 0 fully saturated rings. The number of hydrogen-bond acceptors (Lipinski definition) is 5. The number of amides is 1. The summed E-state index contributed by atoms with van der Waals surface area (Å²) in [5.41, 5.74) is 5.61. The highest BCUT2D eigenvalue weighted by Gasteiger charge is 2.25. The molecule has 1 aromatic heterocycles. The van der Waals surface area contributed by atoms with E-state index >= 15 is 0 Å². The number of carbonyl (C=O) groups excluding carboxylic acids is 1. The number of pyridine rings is 1. The van der Waals surface area contributed by atoms with Gasteiger partial charge in [-0.3, -0.25) is 15.2 Å². The third-order valence-corrected chi connectivity index (χ3v) is 5.67. The zero-order valence-corrected chi connectivity index (χ0v) is 19.1. The Morgan fingerprint density at radius 1 is 1.15 bits per heavy atom. The largest absolute Gasteiger partial charge is 0.494 e. The van der Waals surface area contributed by atoms with Gasteiger partial charge < -0.3 is 14.8 Å². The van der Waals surface area contributed by atoms with Crippen molar-refractivity contribution in [3.05, 3.63) is 112 Å². The van der Waals surface area contributed by atoms with Gasteiger partial charge in [0.1, 0.15) is 23.0 Å². The van der Waals surface area contributed by atoms with Crippen LogP contribution in [0.2, 0.25) is 0 Å². The van der Waals surface area contributed by atoms with Crippen molar-refractivity contribution in [2.45, 2.75) is 13.5 Å². The molecule has 34 heavy (non-hydrogen) atoms. The molecule has 0 unspecified atom stereocenters. The van der Waals surface area contributed by atoms with Crippen LogP contribution in [-0.4, -0.2) is 30.8 Å². The van der Waals surface area contributed by atoms with Gasteiger partial charge in [0.05, 0.1) is 14.2 Å². The Labute approximate surface area is 197 Å². The van der Waals surface area contributed by atoms with Crippen molar-refractivity contribution in [3.63, 3.8) is 0 Å². The summed E-state index contributed by atoms with van der Waals surface area (Å²) in [4.78, 5) is 16.7. The summed E-state index contributed by atoms with van der Waals surface area (Å²) in [6.07, 6.45) is 10.3. The molecule has 2 aliphatic carbocycles. The monoisotopic (exact) mass is 457 g/mol. The van der Waals surface area contributed by atoms with E-state index in [1.54, 1.807) is 30.6 Å². The van der Waals surface area contributed by atoms with Crippen LogP contribution in [-0.2, 0) is 20.8 Å². The molecule has 0 saturated heterocycles. The van der Waals surface area contributed by atoms with E-state index in [2.05, 4.69) is 10.3 Å². The topological polar surface area (TPSA) is 84.3 Å². The van der Waals surface area contributed by atoms with E-state index in [0.29, 0.717) is 29.2 Å². The first kappa shape index (κ1) is 22.9. The first-order valence-corrected chi connectivity index (χ1v) is 10.6. The lowest BCUT2D eigenvalue weighted by Gasteiger charge is -2.16. The summed E-state index contributed by atoms with van der Waals surface area (Å²) in [6.45, 7) is 2.24. The number of nitrogens with one attached hydrogen (secondary N) is 2. The Morgan fingerprint density at radius 2 is 1.88 bits per heavy atom. The van der Waals surface area contributed by atoms with Crippen LogP contribution in [0.4, 0.5) is 4.39 Å². The lowest BCUT2D eigenvalue weighted by Crippen LogP contribution is -2.20. The Bertz CT molecular complexity index is 1290. The average Bonchev–Trinajstić information content (AvgIpc) is 3.09. The Morgan fingerprint density at radius 3 is 2.53 bits per heavy atom. The van der Waals surface area contributed by atoms with Crippen LogP contribution < -0.4 is 5.32 Å². The summed E-state index contributed by atoms with van der Waals surface area (Å²) >= 11 is 0. The number of allylic oxidation sites excluding steroid dienone is 7. The maximum atomic E-state index is 14.1. The second-order valence-corrected chi connectivity index (χ2v) is 7.81. The van der Waals surface area contributed by atoms with Gasteiger partial charge in [-0.15, -0.1) is 0 Å². The van der Waals surface area contributed by atoms with Crippen LogP contribution in [0.25, 0.3) is 11.1 Å². The molecule has 2 aliphatic rings. The van der Waals surface area contributed by atoms with Crippen molar-refractivity contribution in [3.8, 4) is 0 Å². The summed E-state index contributed by atoms with van der Waals surface area (Å²) in [6, 6.07) is 8.24. The number of hydrogen-bond donors (Lipinski definition) is 2. The fraction of sp³-hybridized carbons (Fsp3) is 0.148. The highest BCUT2D eigenvalue weighted by atomic mass is 19.1. The van der Waals surface area contributed by atoms with E-state index in [1.165, 1.54) is 32.4 Å². The molecule has 2 N–H and O–H groups in total. The van der Waals surface area contributed by atoms with Crippen LogP contribution in [0.3, 0.4) is 0 Å². The Kier molecular flexibility index (Phi) is 6.54. The first-order valence-electron chi connectivity index (χ1n) is 10.6. The fourth-order valence-electron chi connectivity index (χ4n) is 3.95. The minimum absolute atomic E-state index is 0.160. The lowest BCUT2D eigenvalue weighted by molar-refractivity contribution is -0.116. The van der Waals surface area contributed by atoms with Gasteiger partial charge in [-0.25, -0.2) is 4.39 Å². The van der Waals surface area contributed by atoms with Gasteiger partial charge >= 0.3 is 0 Å². The number of methoxy groups -OCH3 is 2. The van der Waals surface area contributed by atoms with Crippen LogP contribution >= 0.6 is 0 Å². The van der Waals surface area contributed by atoms with Crippen molar-refractivity contribution in [1.29, 1.82) is 5.41 Å². The molecule has 6 nitrogen and oxygen atoms in total. The molecule has 0 aliphatic heterocycles. The number of ether oxygens (including phenoxy) is 2. The third-order valence-electron chi connectivity index (χ3n) is 5.67. The molecule has 172 valence electrons. The molecule has 0 spiro atoms. The number of aromatic nitrogens is 1. The van der Waals surface area contributed by atoms with Gasteiger partial charge in [-0.1, -0.05) is 12.1 Å². The molecule has 0 saturated carbocycles. The molecule has 1 amide bonds. The zero-order chi connectivity index (χ0) is 24.2. The van der Waals surface area contributed by atoms with Crippen LogP contribution in [0.15, 0.2) is 89.7 Å². The second kappa shape index (κ2) is 9.70. The quantitative estimate of drug-likeness (QED) is 0.615. The second-order valence-electron chi connectivity index (χ2n) is 7.81. The van der Waals surface area contributed by atoms with E-state index in [-0.39, 0.29) is 17.4 Å². The molecular weight excluding hydrogens is 433 g/mol. The number of nitrogens with zero attached hydrogens (tertiary/aromatic N) is 1. The number of benzene rings is 1. The number of fused-ring (bicyclic) bond motifs is 1. The predicted octanol–water partition coefficient (Wildman–Crippen LogP) is 4.73. The maximum absolute atomic E-state index is 14.1. The van der Waals surface area contributed by atoms with Crippen molar-refractivity contribution in [1.82, 2.24) is 10.3 Å². The zero-order valence-electron chi connectivity index (χ0n) is 19.1. The Hall–Kier alpha value is -4.26. The fourth-order valence-corrected chi connectivity index (χ4v) is 3.95.